The lowest BCUT2D eigenvalue weighted by atomic mass is 10.2. The van der Waals surface area contributed by atoms with Gasteiger partial charge < -0.3 is 15.4 Å². The Kier molecular flexibility index (Phi) is 8.06. The highest BCUT2D eigenvalue weighted by atomic mass is 79.9. The second-order valence-electron chi connectivity index (χ2n) is 5.49. The van der Waals surface area contributed by atoms with Gasteiger partial charge in [0.15, 0.2) is 6.61 Å². The van der Waals surface area contributed by atoms with Crippen LogP contribution in [0.15, 0.2) is 28.7 Å². The Morgan fingerprint density at radius 1 is 1.04 bits per heavy atom. The lowest BCUT2D eigenvalue weighted by molar-refractivity contribution is -0.149. The van der Waals surface area contributed by atoms with E-state index >= 15 is 0 Å². The highest BCUT2D eigenvalue weighted by Crippen LogP contribution is 2.10. The summed E-state index contributed by atoms with van der Waals surface area (Å²) >= 11 is 3.26. The van der Waals surface area contributed by atoms with Gasteiger partial charge in [0, 0.05) is 16.1 Å². The van der Waals surface area contributed by atoms with Crippen molar-refractivity contribution in [3.05, 3.63) is 34.3 Å². The van der Waals surface area contributed by atoms with Crippen LogP contribution in [0, 0.1) is 0 Å². The molecular formula is C16H20BrN3O5. The number of ether oxygens (including phenoxy) is 1. The van der Waals surface area contributed by atoms with E-state index in [1.54, 1.807) is 38.1 Å². The number of hydrogen-bond donors (Lipinski definition) is 3. The number of benzene rings is 1. The van der Waals surface area contributed by atoms with Crippen molar-refractivity contribution in [3.8, 4) is 0 Å². The molecule has 0 saturated heterocycles. The van der Waals surface area contributed by atoms with Gasteiger partial charge in [0.05, 0.1) is 0 Å². The lowest BCUT2D eigenvalue weighted by Crippen LogP contribution is -2.45. The molecule has 1 aromatic rings. The van der Waals surface area contributed by atoms with Crippen molar-refractivity contribution in [1.82, 2.24) is 16.0 Å². The average Bonchev–Trinajstić information content (AvgIpc) is 2.52. The third-order valence-electron chi connectivity index (χ3n) is 2.83. The van der Waals surface area contributed by atoms with Gasteiger partial charge in [0.25, 0.3) is 11.8 Å². The summed E-state index contributed by atoms with van der Waals surface area (Å²) in [7, 11) is 0. The van der Waals surface area contributed by atoms with Crippen molar-refractivity contribution in [3.63, 3.8) is 0 Å². The number of rotatable bonds is 6. The Morgan fingerprint density at radius 3 is 2.20 bits per heavy atom. The fourth-order valence-electron chi connectivity index (χ4n) is 1.66. The van der Waals surface area contributed by atoms with E-state index < -0.39 is 36.5 Å². The second-order valence-corrected chi connectivity index (χ2v) is 6.40. The summed E-state index contributed by atoms with van der Waals surface area (Å²) in [5.74, 6) is -2.00. The van der Waals surface area contributed by atoms with Crippen LogP contribution in [0.5, 0.6) is 0 Å². The first-order valence-corrected chi connectivity index (χ1v) is 8.31. The maximum atomic E-state index is 12.0. The maximum Gasteiger partial charge on any atom is 0.328 e. The lowest BCUT2D eigenvalue weighted by Gasteiger charge is -2.14. The van der Waals surface area contributed by atoms with Crippen LogP contribution in [0.25, 0.3) is 0 Å². The molecule has 0 aromatic heterocycles. The highest BCUT2D eigenvalue weighted by Gasteiger charge is 2.19. The van der Waals surface area contributed by atoms with Crippen molar-refractivity contribution in [2.24, 2.45) is 0 Å². The zero-order valence-electron chi connectivity index (χ0n) is 14.1. The van der Waals surface area contributed by atoms with Crippen LogP contribution in [0.1, 0.15) is 31.1 Å². The number of nitrogens with one attached hydrogen (secondary N) is 3. The smallest absolute Gasteiger partial charge is 0.328 e. The minimum Gasteiger partial charge on any atom is -0.454 e. The summed E-state index contributed by atoms with van der Waals surface area (Å²) in [5, 5.41) is 6.95. The molecule has 0 saturated carbocycles. The molecule has 4 amide bonds. The minimum absolute atomic E-state index is 0.135. The summed E-state index contributed by atoms with van der Waals surface area (Å²) in [4.78, 5) is 46.6. The fraction of sp³-hybridized carbons (Fsp3) is 0.375. The van der Waals surface area contributed by atoms with Gasteiger partial charge in [-0.15, -0.1) is 0 Å². The van der Waals surface area contributed by atoms with E-state index in [4.69, 9.17) is 4.74 Å². The zero-order valence-corrected chi connectivity index (χ0v) is 15.7. The van der Waals surface area contributed by atoms with Crippen LogP contribution in [0.2, 0.25) is 0 Å². The average molecular weight is 414 g/mol. The number of urea groups is 1. The van der Waals surface area contributed by atoms with Crippen molar-refractivity contribution in [1.29, 1.82) is 0 Å². The van der Waals surface area contributed by atoms with Crippen LogP contribution in [-0.4, -0.2) is 42.5 Å². The van der Waals surface area contributed by atoms with Gasteiger partial charge in [-0.25, -0.2) is 9.59 Å². The summed E-state index contributed by atoms with van der Waals surface area (Å²) in [6.07, 6.45) is 0. The first-order chi connectivity index (χ1) is 11.7. The Balaban J connectivity index is 2.41. The number of carbonyl (C=O) groups excluding carboxylic acids is 4. The van der Waals surface area contributed by atoms with E-state index in [1.165, 1.54) is 6.92 Å². The van der Waals surface area contributed by atoms with Gasteiger partial charge in [0.2, 0.25) is 0 Å². The van der Waals surface area contributed by atoms with Crippen LogP contribution in [-0.2, 0) is 14.3 Å². The molecule has 0 bridgehead atoms. The summed E-state index contributed by atoms with van der Waals surface area (Å²) in [6, 6.07) is 4.83. The highest BCUT2D eigenvalue weighted by molar-refractivity contribution is 9.10. The molecule has 0 aliphatic rings. The Bertz CT molecular complexity index is 646. The molecule has 8 nitrogen and oxygen atoms in total. The SMILES string of the molecule is CC(C)NC(=O)NC(=O)COC(=O)[C@H](C)NC(=O)c1ccc(Br)cc1. The van der Waals surface area contributed by atoms with E-state index in [2.05, 4.69) is 26.6 Å². The van der Waals surface area contributed by atoms with E-state index in [0.717, 1.165) is 4.47 Å². The number of halogens is 1. The third kappa shape index (κ3) is 7.79. The molecule has 1 atom stereocenters. The predicted octanol–water partition coefficient (Wildman–Crippen LogP) is 1.34. The second kappa shape index (κ2) is 9.77. The van der Waals surface area contributed by atoms with Gasteiger partial charge in [-0.1, -0.05) is 15.9 Å². The standard InChI is InChI=1S/C16H20BrN3O5/c1-9(2)18-16(24)20-13(21)8-25-15(23)10(3)19-14(22)11-4-6-12(17)7-5-11/h4-7,9-10H,8H2,1-3H3,(H,19,22)(H2,18,20,21,24)/t10-/m0/s1. The Hall–Kier alpha value is -2.42. The van der Waals surface area contributed by atoms with E-state index in [9.17, 15) is 19.2 Å². The van der Waals surface area contributed by atoms with Crippen LogP contribution in [0.3, 0.4) is 0 Å². The maximum absolute atomic E-state index is 12.0. The van der Waals surface area contributed by atoms with Gasteiger partial charge >= 0.3 is 12.0 Å². The molecule has 1 rings (SSSR count). The van der Waals surface area contributed by atoms with Crippen LogP contribution >= 0.6 is 15.9 Å². The summed E-state index contributed by atoms with van der Waals surface area (Å²) in [5.41, 5.74) is 0.381. The molecule has 9 heteroatoms. The first kappa shape index (κ1) is 20.6. The molecule has 0 spiro atoms. The number of esters is 1. The molecule has 25 heavy (non-hydrogen) atoms. The van der Waals surface area contributed by atoms with Gasteiger partial charge in [-0.05, 0) is 45.0 Å². The summed E-state index contributed by atoms with van der Waals surface area (Å²) < 4.78 is 5.60. The Morgan fingerprint density at radius 2 is 1.64 bits per heavy atom. The molecule has 0 radical (unpaired) electrons. The molecule has 0 unspecified atom stereocenters. The monoisotopic (exact) mass is 413 g/mol. The normalized spacial score (nSPS) is 11.4. The van der Waals surface area contributed by atoms with E-state index in [-0.39, 0.29) is 6.04 Å². The minimum atomic E-state index is -0.951. The number of hydrogen-bond acceptors (Lipinski definition) is 5. The van der Waals surface area contributed by atoms with Crippen molar-refractivity contribution < 1.29 is 23.9 Å². The first-order valence-electron chi connectivity index (χ1n) is 7.52. The molecule has 136 valence electrons. The zero-order chi connectivity index (χ0) is 19.0. The molecule has 1 aromatic carbocycles. The van der Waals surface area contributed by atoms with Crippen LogP contribution in [0.4, 0.5) is 4.79 Å². The van der Waals surface area contributed by atoms with E-state index in [1.807, 2.05) is 5.32 Å². The van der Waals surface area contributed by atoms with Crippen molar-refractivity contribution >= 4 is 39.7 Å². The third-order valence-corrected chi connectivity index (χ3v) is 3.35. The van der Waals surface area contributed by atoms with Crippen molar-refractivity contribution in [2.75, 3.05) is 6.61 Å². The van der Waals surface area contributed by atoms with Gasteiger partial charge in [0.1, 0.15) is 6.04 Å². The molecule has 3 N–H and O–H groups in total. The number of imide groups is 1. The number of amides is 4. The largest absolute Gasteiger partial charge is 0.454 e. The fourth-order valence-corrected chi connectivity index (χ4v) is 1.93. The van der Waals surface area contributed by atoms with Crippen LogP contribution < -0.4 is 16.0 Å². The quantitative estimate of drug-likeness (QED) is 0.608. The molecule has 0 aliphatic carbocycles. The van der Waals surface area contributed by atoms with Crippen molar-refractivity contribution in [2.45, 2.75) is 32.9 Å². The van der Waals surface area contributed by atoms with Gasteiger partial charge in [-0.3, -0.25) is 14.9 Å². The van der Waals surface area contributed by atoms with Gasteiger partial charge in [-0.2, -0.15) is 0 Å². The Labute approximate surface area is 153 Å². The molecule has 0 heterocycles. The summed E-state index contributed by atoms with van der Waals surface area (Å²) in [6.45, 7) is 4.28. The number of carbonyl (C=O) groups is 4. The molecule has 0 fully saturated rings. The topological polar surface area (TPSA) is 114 Å². The predicted molar refractivity (Wildman–Crippen MR) is 93.8 cm³/mol. The molecule has 0 aliphatic heterocycles. The molecular weight excluding hydrogens is 394 g/mol. The van der Waals surface area contributed by atoms with E-state index in [0.29, 0.717) is 5.56 Å².